The van der Waals surface area contributed by atoms with E-state index in [0.717, 1.165) is 18.2 Å². The molecule has 2 rings (SSSR count). The lowest BCUT2D eigenvalue weighted by atomic mass is 10.2. The van der Waals surface area contributed by atoms with Gasteiger partial charge in [-0.15, -0.1) is 16.7 Å². The van der Waals surface area contributed by atoms with E-state index in [-0.39, 0.29) is 18.0 Å². The van der Waals surface area contributed by atoms with Crippen molar-refractivity contribution in [3.05, 3.63) is 41.2 Å². The number of tetrazole rings is 1. The van der Waals surface area contributed by atoms with Gasteiger partial charge in [-0.2, -0.15) is 0 Å². The van der Waals surface area contributed by atoms with Crippen LogP contribution in [-0.4, -0.2) is 20.2 Å². The van der Waals surface area contributed by atoms with Crippen molar-refractivity contribution >= 4 is 11.6 Å². The maximum atomic E-state index is 13.3. The highest BCUT2D eigenvalue weighted by Crippen LogP contribution is 2.11. The van der Waals surface area contributed by atoms with Crippen LogP contribution in [0.2, 0.25) is 0 Å². The minimum absolute atomic E-state index is 0.0542. The number of hydrogen-bond donors (Lipinski definition) is 0. The fraction of sp³-hybridized carbons (Fsp3) is 0.222. The van der Waals surface area contributed by atoms with Crippen LogP contribution in [0.25, 0.3) is 0 Å². The van der Waals surface area contributed by atoms with Gasteiger partial charge < -0.3 is 0 Å². The molecule has 0 saturated carbocycles. The molecule has 0 atom stereocenters. The Morgan fingerprint density at radius 2 is 2.12 bits per heavy atom. The van der Waals surface area contributed by atoms with Crippen LogP contribution in [0.5, 0.6) is 0 Å². The van der Waals surface area contributed by atoms with E-state index in [9.17, 15) is 8.78 Å². The molecule has 2 aromatic rings. The van der Waals surface area contributed by atoms with Crippen LogP contribution in [0, 0.1) is 11.6 Å². The van der Waals surface area contributed by atoms with Crippen molar-refractivity contribution in [2.45, 2.75) is 12.4 Å². The van der Waals surface area contributed by atoms with E-state index in [4.69, 9.17) is 11.6 Å². The van der Waals surface area contributed by atoms with Crippen molar-refractivity contribution < 1.29 is 8.78 Å². The lowest BCUT2D eigenvalue weighted by Gasteiger charge is -2.04. The lowest BCUT2D eigenvalue weighted by molar-refractivity contribution is 0.555. The predicted octanol–water partition coefficient (Wildman–Crippen LogP) is 1.74. The SMILES string of the molecule is Fc1ccc(F)c(Cn2nnnc2CCl)c1. The molecule has 0 radical (unpaired) electrons. The number of halogens is 3. The van der Waals surface area contributed by atoms with Gasteiger partial charge in [-0.05, 0) is 28.6 Å². The molecule has 1 aromatic heterocycles. The molecule has 1 aromatic carbocycles. The second-order valence-corrected chi connectivity index (χ2v) is 3.39. The maximum absolute atomic E-state index is 13.3. The first kappa shape index (κ1) is 10.9. The van der Waals surface area contributed by atoms with Crippen LogP contribution in [-0.2, 0) is 12.4 Å². The average Bonchev–Trinajstić information content (AvgIpc) is 2.71. The Balaban J connectivity index is 2.30. The molecule has 4 nitrogen and oxygen atoms in total. The minimum Gasteiger partial charge on any atom is -0.224 e. The number of benzene rings is 1. The molecule has 0 bridgehead atoms. The minimum atomic E-state index is -0.503. The summed E-state index contributed by atoms with van der Waals surface area (Å²) in [4.78, 5) is 0. The van der Waals surface area contributed by atoms with Gasteiger partial charge in [0.2, 0.25) is 0 Å². The zero-order valence-electron chi connectivity index (χ0n) is 8.07. The highest BCUT2D eigenvalue weighted by atomic mass is 35.5. The first-order valence-corrected chi connectivity index (χ1v) is 4.99. The maximum Gasteiger partial charge on any atom is 0.166 e. The zero-order valence-corrected chi connectivity index (χ0v) is 8.82. The van der Waals surface area contributed by atoms with Crippen molar-refractivity contribution in [1.82, 2.24) is 20.2 Å². The van der Waals surface area contributed by atoms with Gasteiger partial charge in [-0.3, -0.25) is 0 Å². The summed E-state index contributed by atoms with van der Waals surface area (Å²) in [5.41, 5.74) is 0.179. The molecule has 1 heterocycles. The monoisotopic (exact) mass is 244 g/mol. The third kappa shape index (κ3) is 2.16. The van der Waals surface area contributed by atoms with Crippen LogP contribution < -0.4 is 0 Å². The Bertz CT molecular complexity index is 500. The van der Waals surface area contributed by atoms with E-state index in [2.05, 4.69) is 15.5 Å². The molecule has 84 valence electrons. The summed E-state index contributed by atoms with van der Waals surface area (Å²) >= 11 is 5.58. The molecule has 0 unspecified atom stereocenters. The van der Waals surface area contributed by atoms with Gasteiger partial charge in [0.15, 0.2) is 5.82 Å². The Morgan fingerprint density at radius 1 is 1.31 bits per heavy atom. The van der Waals surface area contributed by atoms with Crippen molar-refractivity contribution in [3.8, 4) is 0 Å². The molecule has 0 aliphatic rings. The molecule has 0 fully saturated rings. The molecule has 0 amide bonds. The van der Waals surface area contributed by atoms with Crippen molar-refractivity contribution in [1.29, 1.82) is 0 Å². The topological polar surface area (TPSA) is 43.6 Å². The molecule has 16 heavy (non-hydrogen) atoms. The number of alkyl halides is 1. The Hall–Kier alpha value is -1.56. The van der Waals surface area contributed by atoms with Crippen LogP contribution in [0.15, 0.2) is 18.2 Å². The van der Waals surface area contributed by atoms with Gasteiger partial charge in [0.05, 0.1) is 12.4 Å². The first-order valence-electron chi connectivity index (χ1n) is 4.45. The van der Waals surface area contributed by atoms with Gasteiger partial charge >= 0.3 is 0 Å². The van der Waals surface area contributed by atoms with E-state index in [0.29, 0.717) is 5.82 Å². The molecule has 0 spiro atoms. The second kappa shape index (κ2) is 4.52. The summed E-state index contributed by atoms with van der Waals surface area (Å²) < 4.78 is 27.5. The molecular weight excluding hydrogens is 238 g/mol. The van der Waals surface area contributed by atoms with E-state index in [1.54, 1.807) is 0 Å². The number of hydrogen-bond acceptors (Lipinski definition) is 3. The molecule has 0 N–H and O–H groups in total. The standard InChI is InChI=1S/C9H7ClF2N4/c10-4-9-13-14-15-16(9)5-6-3-7(11)1-2-8(6)12/h1-3H,4-5H2. The van der Waals surface area contributed by atoms with E-state index in [1.807, 2.05) is 0 Å². The predicted molar refractivity (Wildman–Crippen MR) is 52.8 cm³/mol. The van der Waals surface area contributed by atoms with Gasteiger partial charge in [0.25, 0.3) is 0 Å². The second-order valence-electron chi connectivity index (χ2n) is 3.12. The number of aromatic nitrogens is 4. The van der Waals surface area contributed by atoms with E-state index >= 15 is 0 Å². The van der Waals surface area contributed by atoms with Gasteiger partial charge in [0, 0.05) is 5.56 Å². The summed E-state index contributed by atoms with van der Waals surface area (Å²) in [6.45, 7) is 0.0542. The summed E-state index contributed by atoms with van der Waals surface area (Å²) in [5, 5.41) is 10.7. The quantitative estimate of drug-likeness (QED) is 0.773. The average molecular weight is 245 g/mol. The van der Waals surface area contributed by atoms with E-state index < -0.39 is 11.6 Å². The smallest absolute Gasteiger partial charge is 0.166 e. The van der Waals surface area contributed by atoms with E-state index in [1.165, 1.54) is 4.68 Å². The van der Waals surface area contributed by atoms with Crippen molar-refractivity contribution in [2.24, 2.45) is 0 Å². The van der Waals surface area contributed by atoms with Crippen LogP contribution in [0.4, 0.5) is 8.78 Å². The first-order chi connectivity index (χ1) is 7.70. The molecule has 0 aliphatic heterocycles. The summed E-state index contributed by atoms with van der Waals surface area (Å²) in [6.07, 6.45) is 0. The Morgan fingerprint density at radius 3 is 2.88 bits per heavy atom. The Kier molecular flexibility index (Phi) is 3.09. The van der Waals surface area contributed by atoms with Crippen LogP contribution in [0.1, 0.15) is 11.4 Å². The van der Waals surface area contributed by atoms with Crippen LogP contribution in [0.3, 0.4) is 0 Å². The van der Waals surface area contributed by atoms with Crippen LogP contribution >= 0.6 is 11.6 Å². The number of nitrogens with zero attached hydrogens (tertiary/aromatic N) is 4. The molecule has 0 aliphatic carbocycles. The Labute approximate surface area is 94.8 Å². The largest absolute Gasteiger partial charge is 0.224 e. The normalized spacial score (nSPS) is 10.7. The lowest BCUT2D eigenvalue weighted by Crippen LogP contribution is -2.07. The summed E-state index contributed by atoms with van der Waals surface area (Å²) in [6, 6.07) is 3.23. The van der Waals surface area contributed by atoms with Gasteiger partial charge in [0.1, 0.15) is 11.6 Å². The zero-order chi connectivity index (χ0) is 11.5. The highest BCUT2D eigenvalue weighted by molar-refractivity contribution is 6.16. The van der Waals surface area contributed by atoms with Gasteiger partial charge in [-0.1, -0.05) is 0 Å². The number of rotatable bonds is 3. The summed E-state index contributed by atoms with van der Waals surface area (Å²) in [7, 11) is 0. The molecular formula is C9H7ClF2N4. The third-order valence-electron chi connectivity index (χ3n) is 2.05. The fourth-order valence-electron chi connectivity index (χ4n) is 1.27. The van der Waals surface area contributed by atoms with Crippen molar-refractivity contribution in [2.75, 3.05) is 0 Å². The molecule has 7 heteroatoms. The third-order valence-corrected chi connectivity index (χ3v) is 2.29. The summed E-state index contributed by atoms with van der Waals surface area (Å²) in [5.74, 6) is -0.483. The van der Waals surface area contributed by atoms with Crippen molar-refractivity contribution in [3.63, 3.8) is 0 Å². The highest BCUT2D eigenvalue weighted by Gasteiger charge is 2.09. The fourth-order valence-corrected chi connectivity index (χ4v) is 1.46. The molecule has 0 saturated heterocycles. The van der Waals surface area contributed by atoms with Gasteiger partial charge in [-0.25, -0.2) is 13.5 Å².